The van der Waals surface area contributed by atoms with Crippen molar-refractivity contribution in [2.45, 2.75) is 25.3 Å². The van der Waals surface area contributed by atoms with Crippen LogP contribution in [0.3, 0.4) is 0 Å². The first-order valence-electron chi connectivity index (χ1n) is 9.82. The molecule has 3 rings (SSSR count). The maximum Gasteiger partial charge on any atom is 0.338 e. The van der Waals surface area contributed by atoms with Gasteiger partial charge in [0, 0.05) is 12.1 Å². The minimum absolute atomic E-state index is 0.0861. The van der Waals surface area contributed by atoms with Crippen LogP contribution in [0.1, 0.15) is 28.4 Å². The van der Waals surface area contributed by atoms with Crippen molar-refractivity contribution in [2.75, 3.05) is 10.9 Å². The lowest BCUT2D eigenvalue weighted by atomic mass is 10.2. The number of carbonyl (C=O) groups excluding carboxylic acids is 1. The lowest BCUT2D eigenvalue weighted by Gasteiger charge is -2.25. The van der Waals surface area contributed by atoms with E-state index >= 15 is 0 Å². The van der Waals surface area contributed by atoms with E-state index in [2.05, 4.69) is 0 Å². The lowest BCUT2D eigenvalue weighted by molar-refractivity contribution is -0.384. The van der Waals surface area contributed by atoms with Crippen LogP contribution < -0.4 is 4.31 Å². The number of benzene rings is 3. The molecule has 0 atom stereocenters. The van der Waals surface area contributed by atoms with Gasteiger partial charge >= 0.3 is 5.97 Å². The fourth-order valence-corrected chi connectivity index (χ4v) is 4.52. The number of non-ortho nitro benzene ring substituents is 1. The normalized spacial score (nSPS) is 11.1. The molecule has 0 saturated carbocycles. The zero-order chi connectivity index (χ0) is 23.3. The summed E-state index contributed by atoms with van der Waals surface area (Å²) in [5.41, 5.74) is 1.83. The van der Waals surface area contributed by atoms with Gasteiger partial charge in [0.15, 0.2) is 0 Å². The summed E-state index contributed by atoms with van der Waals surface area (Å²) in [4.78, 5) is 22.6. The number of nitro benzene ring substituents is 1. The van der Waals surface area contributed by atoms with Crippen molar-refractivity contribution in [3.63, 3.8) is 0 Å². The number of ether oxygens (including phenoxy) is 1. The first-order chi connectivity index (χ1) is 15.2. The van der Waals surface area contributed by atoms with Crippen molar-refractivity contribution in [1.29, 1.82) is 0 Å². The number of hydrogen-bond acceptors (Lipinski definition) is 6. The van der Waals surface area contributed by atoms with Crippen molar-refractivity contribution in [3.8, 4) is 0 Å². The lowest BCUT2D eigenvalue weighted by Crippen LogP contribution is -2.30. The predicted molar refractivity (Wildman–Crippen MR) is 120 cm³/mol. The summed E-state index contributed by atoms with van der Waals surface area (Å²) in [6, 6.07) is 18.2. The Morgan fingerprint density at radius 1 is 1.03 bits per heavy atom. The minimum atomic E-state index is -4.00. The highest BCUT2D eigenvalue weighted by Crippen LogP contribution is 2.27. The molecule has 0 aliphatic heterocycles. The zero-order valence-electron chi connectivity index (χ0n) is 17.6. The molecule has 0 unspecified atom stereocenters. The average molecular weight is 455 g/mol. The van der Waals surface area contributed by atoms with Crippen molar-refractivity contribution >= 4 is 27.4 Å². The molecule has 0 heterocycles. The molecule has 3 aromatic rings. The van der Waals surface area contributed by atoms with E-state index in [4.69, 9.17) is 4.74 Å². The second-order valence-electron chi connectivity index (χ2n) is 7.02. The molecule has 8 nitrogen and oxygen atoms in total. The van der Waals surface area contributed by atoms with Gasteiger partial charge in [-0.15, -0.1) is 0 Å². The second-order valence-corrected chi connectivity index (χ2v) is 8.88. The number of rotatable bonds is 8. The Labute approximate surface area is 186 Å². The van der Waals surface area contributed by atoms with Crippen molar-refractivity contribution < 1.29 is 22.9 Å². The van der Waals surface area contributed by atoms with Gasteiger partial charge in [-0.25, -0.2) is 13.2 Å². The Balaban J connectivity index is 2.05. The first kappa shape index (κ1) is 23.0. The number of esters is 1. The molecule has 0 saturated heterocycles. The summed E-state index contributed by atoms with van der Waals surface area (Å²) in [7, 11) is -4.00. The molecule has 0 spiro atoms. The molecule has 0 fully saturated rings. The van der Waals surface area contributed by atoms with Crippen LogP contribution >= 0.6 is 0 Å². The van der Waals surface area contributed by atoms with Crippen LogP contribution in [0.2, 0.25) is 0 Å². The van der Waals surface area contributed by atoms with Crippen LogP contribution in [0.5, 0.6) is 0 Å². The Hall–Kier alpha value is -3.72. The monoisotopic (exact) mass is 454 g/mol. The fourth-order valence-electron chi connectivity index (χ4n) is 3.06. The summed E-state index contributed by atoms with van der Waals surface area (Å²) >= 11 is 0. The third-order valence-electron chi connectivity index (χ3n) is 4.72. The first-order valence-corrected chi connectivity index (χ1v) is 11.3. The van der Waals surface area contributed by atoms with Crippen LogP contribution in [0, 0.1) is 17.0 Å². The summed E-state index contributed by atoms with van der Waals surface area (Å²) in [6.07, 6.45) is 0. The number of nitro groups is 1. The molecule has 0 radical (unpaired) electrons. The number of hydrogen-bond donors (Lipinski definition) is 0. The van der Waals surface area contributed by atoms with E-state index in [9.17, 15) is 23.3 Å². The molecule has 0 aliphatic carbocycles. The van der Waals surface area contributed by atoms with Gasteiger partial charge in [0.25, 0.3) is 15.7 Å². The molecule has 0 amide bonds. The van der Waals surface area contributed by atoms with E-state index < -0.39 is 20.9 Å². The van der Waals surface area contributed by atoms with Crippen molar-refractivity contribution in [2.24, 2.45) is 0 Å². The van der Waals surface area contributed by atoms with Gasteiger partial charge in [0.1, 0.15) is 0 Å². The number of aryl methyl sites for hydroxylation is 1. The minimum Gasteiger partial charge on any atom is -0.462 e. The number of sulfonamides is 1. The molecule has 166 valence electrons. The van der Waals surface area contributed by atoms with Gasteiger partial charge in [-0.05, 0) is 55.8 Å². The summed E-state index contributed by atoms with van der Waals surface area (Å²) < 4.78 is 33.1. The standard InChI is InChI=1S/C23H22N2O6S/c1-3-31-23(26)19-9-11-20(12-10-19)24(16-18-5-4-6-21(15-18)25(27)28)32(29,30)22-13-7-17(2)8-14-22/h4-15H,3,16H2,1-2H3. The summed E-state index contributed by atoms with van der Waals surface area (Å²) in [5.74, 6) is -0.509. The van der Waals surface area contributed by atoms with Crippen LogP contribution in [0.25, 0.3) is 0 Å². The molecule has 9 heteroatoms. The molecule has 0 N–H and O–H groups in total. The third kappa shape index (κ3) is 5.12. The number of carbonyl (C=O) groups is 1. The van der Waals surface area contributed by atoms with Crippen molar-refractivity contribution in [1.82, 2.24) is 0 Å². The zero-order valence-corrected chi connectivity index (χ0v) is 18.4. The topological polar surface area (TPSA) is 107 Å². The van der Waals surface area contributed by atoms with Gasteiger partial charge in [-0.3, -0.25) is 14.4 Å². The van der Waals surface area contributed by atoms with Gasteiger partial charge < -0.3 is 4.74 Å². The molecule has 32 heavy (non-hydrogen) atoms. The van der Waals surface area contributed by atoms with E-state index in [1.807, 2.05) is 6.92 Å². The molecule has 0 aliphatic rings. The van der Waals surface area contributed by atoms with Crippen molar-refractivity contribution in [3.05, 3.63) is 99.6 Å². The maximum absolute atomic E-state index is 13.5. The molecule has 0 bridgehead atoms. The summed E-state index contributed by atoms with van der Waals surface area (Å²) in [6.45, 7) is 3.64. The Morgan fingerprint density at radius 3 is 2.28 bits per heavy atom. The van der Waals surface area contributed by atoms with Gasteiger partial charge in [0.2, 0.25) is 0 Å². The Bertz CT molecular complexity index is 1220. The van der Waals surface area contributed by atoms with Crippen LogP contribution in [0.4, 0.5) is 11.4 Å². The smallest absolute Gasteiger partial charge is 0.338 e. The number of nitrogens with zero attached hydrogens (tertiary/aromatic N) is 2. The van der Waals surface area contributed by atoms with Gasteiger partial charge in [0.05, 0.1) is 34.2 Å². The third-order valence-corrected chi connectivity index (χ3v) is 6.51. The second kappa shape index (κ2) is 9.61. The van der Waals surface area contributed by atoms with Gasteiger partial charge in [-0.2, -0.15) is 0 Å². The summed E-state index contributed by atoms with van der Waals surface area (Å²) in [5, 5.41) is 11.1. The van der Waals surface area contributed by atoms with E-state index in [0.29, 0.717) is 16.8 Å². The highest BCUT2D eigenvalue weighted by Gasteiger charge is 2.26. The molecular formula is C23H22N2O6S. The number of anilines is 1. The van der Waals surface area contributed by atoms with Crippen LogP contribution in [0.15, 0.2) is 77.7 Å². The van der Waals surface area contributed by atoms with E-state index in [1.165, 1.54) is 54.6 Å². The van der Waals surface area contributed by atoms with Crippen LogP contribution in [-0.2, 0) is 21.3 Å². The predicted octanol–water partition coefficient (Wildman–Crippen LogP) is 4.48. The highest BCUT2D eigenvalue weighted by molar-refractivity contribution is 7.92. The van der Waals surface area contributed by atoms with Gasteiger partial charge in [-0.1, -0.05) is 29.8 Å². The largest absolute Gasteiger partial charge is 0.462 e. The molecule has 0 aromatic heterocycles. The van der Waals surface area contributed by atoms with E-state index in [0.717, 1.165) is 9.87 Å². The quantitative estimate of drug-likeness (QED) is 0.282. The molecule has 3 aromatic carbocycles. The molecular weight excluding hydrogens is 432 g/mol. The fraction of sp³-hybridized carbons (Fsp3) is 0.174. The van der Waals surface area contributed by atoms with E-state index in [-0.39, 0.29) is 23.7 Å². The van der Waals surface area contributed by atoms with Crippen LogP contribution in [-0.4, -0.2) is 25.9 Å². The highest BCUT2D eigenvalue weighted by atomic mass is 32.2. The Kier molecular flexibility index (Phi) is 6.89. The average Bonchev–Trinajstić information content (AvgIpc) is 2.78. The van der Waals surface area contributed by atoms with E-state index in [1.54, 1.807) is 25.1 Å². The Morgan fingerprint density at radius 2 is 1.69 bits per heavy atom. The SMILES string of the molecule is CCOC(=O)c1ccc(N(Cc2cccc([N+](=O)[O-])c2)S(=O)(=O)c2ccc(C)cc2)cc1. The maximum atomic E-state index is 13.5.